The average Bonchev–Trinajstić information content (AvgIpc) is 3.05. The van der Waals surface area contributed by atoms with Crippen molar-refractivity contribution in [2.75, 3.05) is 0 Å². The van der Waals surface area contributed by atoms with Gasteiger partial charge in [-0.1, -0.05) is 12.1 Å². The van der Waals surface area contributed by atoms with E-state index in [1.165, 1.54) is 0 Å². The Morgan fingerprint density at radius 1 is 1.25 bits per heavy atom. The van der Waals surface area contributed by atoms with Gasteiger partial charge < -0.3 is 15.4 Å². The summed E-state index contributed by atoms with van der Waals surface area (Å²) in [6.45, 7) is 0. The number of hydrogen-bond donors (Lipinski definition) is 3. The third kappa shape index (κ3) is 2.27. The molecule has 1 aromatic heterocycles. The maximum atomic E-state index is 12.3. The molecule has 0 saturated heterocycles. The van der Waals surface area contributed by atoms with Gasteiger partial charge in [0.15, 0.2) is 0 Å². The van der Waals surface area contributed by atoms with Crippen molar-refractivity contribution in [3.63, 3.8) is 0 Å². The summed E-state index contributed by atoms with van der Waals surface area (Å²) in [4.78, 5) is 26.3. The van der Waals surface area contributed by atoms with Crippen molar-refractivity contribution < 1.29 is 14.7 Å². The minimum absolute atomic E-state index is 0.0474. The van der Waals surface area contributed by atoms with Crippen LogP contribution >= 0.6 is 0 Å². The van der Waals surface area contributed by atoms with Gasteiger partial charge in [-0.25, -0.2) is 0 Å². The van der Waals surface area contributed by atoms with Gasteiger partial charge in [-0.15, -0.1) is 0 Å². The lowest BCUT2D eigenvalue weighted by molar-refractivity contribution is -0.141. The van der Waals surface area contributed by atoms with E-state index in [1.807, 2.05) is 18.2 Å². The van der Waals surface area contributed by atoms with Crippen LogP contribution < -0.4 is 5.32 Å². The molecule has 0 radical (unpaired) electrons. The molecule has 5 heteroatoms. The third-order valence-corrected chi connectivity index (χ3v) is 3.95. The molecule has 3 rings (SSSR count). The van der Waals surface area contributed by atoms with Crippen molar-refractivity contribution in [1.82, 2.24) is 10.3 Å². The van der Waals surface area contributed by atoms with Crippen molar-refractivity contribution in [2.45, 2.75) is 25.3 Å². The van der Waals surface area contributed by atoms with E-state index in [0.717, 1.165) is 17.3 Å². The van der Waals surface area contributed by atoms with Crippen LogP contribution in [0, 0.1) is 5.92 Å². The second-order valence-corrected chi connectivity index (χ2v) is 5.27. The summed E-state index contributed by atoms with van der Waals surface area (Å²) in [5.41, 5.74) is 1.42. The molecule has 0 spiro atoms. The Kier molecular flexibility index (Phi) is 3.18. The van der Waals surface area contributed by atoms with E-state index in [2.05, 4.69) is 10.3 Å². The number of aromatic nitrogens is 1. The van der Waals surface area contributed by atoms with Crippen LogP contribution in [-0.2, 0) is 4.79 Å². The van der Waals surface area contributed by atoms with Crippen LogP contribution in [0.1, 0.15) is 29.6 Å². The molecule has 1 saturated carbocycles. The van der Waals surface area contributed by atoms with Crippen molar-refractivity contribution in [3.05, 3.63) is 36.0 Å². The van der Waals surface area contributed by atoms with Crippen LogP contribution in [0.2, 0.25) is 0 Å². The maximum Gasteiger partial charge on any atom is 0.306 e. The largest absolute Gasteiger partial charge is 0.481 e. The number of aliphatic carboxylic acids is 1. The van der Waals surface area contributed by atoms with Crippen molar-refractivity contribution >= 4 is 22.8 Å². The van der Waals surface area contributed by atoms with Gasteiger partial charge in [0.05, 0.1) is 17.0 Å². The summed E-state index contributed by atoms with van der Waals surface area (Å²) < 4.78 is 0. The first-order chi connectivity index (χ1) is 9.65. The molecule has 1 aliphatic rings. The number of amides is 1. The highest BCUT2D eigenvalue weighted by molar-refractivity contribution is 6.05. The van der Waals surface area contributed by atoms with Gasteiger partial charge in [-0.05, 0) is 31.4 Å². The normalized spacial score (nSPS) is 22.0. The van der Waals surface area contributed by atoms with Gasteiger partial charge in [0.25, 0.3) is 5.91 Å². The highest BCUT2D eigenvalue weighted by Gasteiger charge is 2.30. The molecule has 20 heavy (non-hydrogen) atoms. The SMILES string of the molecule is O=C(N[C@@H]1CC[C@H](C(=O)O)C1)c1cccc2cc[nH]c12. The van der Waals surface area contributed by atoms with Crippen LogP contribution in [0.4, 0.5) is 0 Å². The van der Waals surface area contributed by atoms with Gasteiger partial charge in [-0.2, -0.15) is 0 Å². The van der Waals surface area contributed by atoms with E-state index in [4.69, 9.17) is 5.11 Å². The summed E-state index contributed by atoms with van der Waals surface area (Å²) >= 11 is 0. The quantitative estimate of drug-likeness (QED) is 0.800. The molecule has 5 nitrogen and oxygen atoms in total. The number of carboxylic acid groups (broad SMARTS) is 1. The second kappa shape index (κ2) is 5.00. The predicted octanol–water partition coefficient (Wildman–Crippen LogP) is 2.15. The van der Waals surface area contributed by atoms with Crippen molar-refractivity contribution in [1.29, 1.82) is 0 Å². The number of carboxylic acids is 1. The lowest BCUT2D eigenvalue weighted by Gasteiger charge is -2.13. The van der Waals surface area contributed by atoms with E-state index >= 15 is 0 Å². The number of carbonyl (C=O) groups excluding carboxylic acids is 1. The van der Waals surface area contributed by atoms with E-state index < -0.39 is 5.97 Å². The third-order valence-electron chi connectivity index (χ3n) is 3.95. The Morgan fingerprint density at radius 2 is 2.10 bits per heavy atom. The fourth-order valence-electron chi connectivity index (χ4n) is 2.87. The molecular formula is C15H16N2O3. The van der Waals surface area contributed by atoms with Crippen LogP contribution in [-0.4, -0.2) is 28.0 Å². The molecule has 2 aromatic rings. The Bertz CT molecular complexity index is 662. The minimum Gasteiger partial charge on any atom is -0.481 e. The number of H-pyrrole nitrogens is 1. The molecule has 0 unspecified atom stereocenters. The molecule has 104 valence electrons. The highest BCUT2D eigenvalue weighted by atomic mass is 16.4. The number of rotatable bonds is 3. The second-order valence-electron chi connectivity index (χ2n) is 5.27. The molecule has 1 heterocycles. The summed E-state index contributed by atoms with van der Waals surface area (Å²) in [5, 5.41) is 12.9. The zero-order chi connectivity index (χ0) is 14.1. The Hall–Kier alpha value is -2.30. The molecule has 1 aliphatic carbocycles. The topological polar surface area (TPSA) is 82.2 Å². The lowest BCUT2D eigenvalue weighted by atomic mass is 10.1. The van der Waals surface area contributed by atoms with Gasteiger partial charge in [-0.3, -0.25) is 9.59 Å². The number of nitrogens with one attached hydrogen (secondary N) is 2. The van der Waals surface area contributed by atoms with Gasteiger partial charge in [0.2, 0.25) is 0 Å². The summed E-state index contributed by atoms with van der Waals surface area (Å²) in [5.74, 6) is -1.25. The van der Waals surface area contributed by atoms with Gasteiger partial charge in [0, 0.05) is 17.6 Å². The minimum atomic E-state index is -0.770. The molecule has 1 amide bonds. The summed E-state index contributed by atoms with van der Waals surface area (Å²) in [6, 6.07) is 7.44. The van der Waals surface area contributed by atoms with E-state index in [1.54, 1.807) is 12.3 Å². The number of hydrogen-bond acceptors (Lipinski definition) is 2. The molecule has 2 atom stereocenters. The zero-order valence-corrected chi connectivity index (χ0v) is 10.9. The van der Waals surface area contributed by atoms with Gasteiger partial charge >= 0.3 is 5.97 Å². The predicted molar refractivity (Wildman–Crippen MR) is 74.5 cm³/mol. The molecule has 0 aliphatic heterocycles. The Balaban J connectivity index is 1.74. The number of fused-ring (bicyclic) bond motifs is 1. The van der Waals surface area contributed by atoms with Crippen molar-refractivity contribution in [3.8, 4) is 0 Å². The Labute approximate surface area is 116 Å². The van der Waals surface area contributed by atoms with E-state index in [9.17, 15) is 9.59 Å². The number of benzene rings is 1. The Morgan fingerprint density at radius 3 is 2.85 bits per heavy atom. The number of aromatic amines is 1. The molecular weight excluding hydrogens is 256 g/mol. The van der Waals surface area contributed by atoms with Crippen LogP contribution in [0.3, 0.4) is 0 Å². The summed E-state index contributed by atoms with van der Waals surface area (Å²) in [7, 11) is 0. The van der Waals surface area contributed by atoms with Crippen LogP contribution in [0.25, 0.3) is 10.9 Å². The highest BCUT2D eigenvalue weighted by Crippen LogP contribution is 2.26. The fraction of sp³-hybridized carbons (Fsp3) is 0.333. The first-order valence-electron chi connectivity index (χ1n) is 6.75. The molecule has 0 bridgehead atoms. The van der Waals surface area contributed by atoms with E-state index in [-0.39, 0.29) is 17.9 Å². The first-order valence-corrected chi connectivity index (χ1v) is 6.75. The van der Waals surface area contributed by atoms with Crippen LogP contribution in [0.15, 0.2) is 30.5 Å². The van der Waals surface area contributed by atoms with Gasteiger partial charge in [0.1, 0.15) is 0 Å². The lowest BCUT2D eigenvalue weighted by Crippen LogP contribution is -2.33. The van der Waals surface area contributed by atoms with Crippen molar-refractivity contribution in [2.24, 2.45) is 5.92 Å². The molecule has 1 aromatic carbocycles. The molecule has 1 fully saturated rings. The molecule has 3 N–H and O–H groups in total. The fourth-order valence-corrected chi connectivity index (χ4v) is 2.87. The summed E-state index contributed by atoms with van der Waals surface area (Å²) in [6.07, 6.45) is 3.68. The first kappa shape index (κ1) is 12.7. The maximum absolute atomic E-state index is 12.3. The standard InChI is InChI=1S/C15H16N2O3/c18-14(17-11-5-4-10(8-11)15(19)20)12-3-1-2-9-6-7-16-13(9)12/h1-3,6-7,10-11,16H,4-5,8H2,(H,17,18)(H,19,20)/t10-,11+/m0/s1. The number of carbonyl (C=O) groups is 2. The zero-order valence-electron chi connectivity index (χ0n) is 10.9. The average molecular weight is 272 g/mol. The van der Waals surface area contributed by atoms with Crippen LogP contribution in [0.5, 0.6) is 0 Å². The smallest absolute Gasteiger partial charge is 0.306 e. The monoisotopic (exact) mass is 272 g/mol. The number of para-hydroxylation sites is 1. The van der Waals surface area contributed by atoms with E-state index in [0.29, 0.717) is 18.4 Å².